The third-order valence-electron chi connectivity index (χ3n) is 2.85. The van der Waals surface area contributed by atoms with Crippen molar-refractivity contribution in [3.63, 3.8) is 0 Å². The quantitative estimate of drug-likeness (QED) is 0.809. The molecule has 84 valence electrons. The van der Waals surface area contributed by atoms with Gasteiger partial charge in [0.15, 0.2) is 0 Å². The standard InChI is InChI=1S/C13H20FN/c1-4-7-13(14,9-15)12-8-10(2)5-6-11(12)3/h5-6,8H,4,7,9,15H2,1-3H3. The van der Waals surface area contributed by atoms with Crippen LogP contribution in [0.4, 0.5) is 4.39 Å². The molecule has 0 bridgehead atoms. The summed E-state index contributed by atoms with van der Waals surface area (Å²) < 4.78 is 14.6. The third-order valence-corrected chi connectivity index (χ3v) is 2.85. The summed E-state index contributed by atoms with van der Waals surface area (Å²) in [5.41, 5.74) is 7.04. The second-order valence-corrected chi connectivity index (χ2v) is 4.24. The van der Waals surface area contributed by atoms with Crippen LogP contribution < -0.4 is 5.73 Å². The summed E-state index contributed by atoms with van der Waals surface area (Å²) in [6.07, 6.45) is 1.30. The van der Waals surface area contributed by atoms with E-state index < -0.39 is 5.67 Å². The molecule has 1 rings (SSSR count). The summed E-state index contributed by atoms with van der Waals surface area (Å²) in [6.45, 7) is 5.96. The van der Waals surface area contributed by atoms with Crippen molar-refractivity contribution in [2.45, 2.75) is 39.3 Å². The van der Waals surface area contributed by atoms with Gasteiger partial charge in [0.25, 0.3) is 0 Å². The molecule has 1 unspecified atom stereocenters. The van der Waals surface area contributed by atoms with E-state index in [0.717, 1.165) is 23.1 Å². The van der Waals surface area contributed by atoms with Crippen molar-refractivity contribution in [1.29, 1.82) is 0 Å². The molecule has 1 aromatic rings. The number of hydrogen-bond acceptors (Lipinski definition) is 1. The maximum Gasteiger partial charge on any atom is 0.148 e. The number of halogens is 1. The maximum atomic E-state index is 14.6. The first-order valence-electron chi connectivity index (χ1n) is 5.50. The number of nitrogens with two attached hydrogens (primary N) is 1. The van der Waals surface area contributed by atoms with E-state index in [1.807, 2.05) is 39.0 Å². The molecule has 0 spiro atoms. The van der Waals surface area contributed by atoms with E-state index in [0.29, 0.717) is 6.42 Å². The van der Waals surface area contributed by atoms with Crippen LogP contribution in [0.5, 0.6) is 0 Å². The van der Waals surface area contributed by atoms with Gasteiger partial charge in [0.1, 0.15) is 5.67 Å². The van der Waals surface area contributed by atoms with E-state index in [1.165, 1.54) is 0 Å². The molecule has 0 amide bonds. The number of alkyl halides is 1. The van der Waals surface area contributed by atoms with Crippen molar-refractivity contribution in [3.05, 3.63) is 34.9 Å². The second-order valence-electron chi connectivity index (χ2n) is 4.24. The molecule has 1 aromatic carbocycles. The minimum absolute atomic E-state index is 0.0606. The Bertz CT molecular complexity index is 335. The maximum absolute atomic E-state index is 14.6. The summed E-state index contributed by atoms with van der Waals surface area (Å²) in [5.74, 6) is 0. The van der Waals surface area contributed by atoms with E-state index in [2.05, 4.69) is 0 Å². The van der Waals surface area contributed by atoms with Crippen LogP contribution in [0.15, 0.2) is 18.2 Å². The zero-order valence-corrected chi connectivity index (χ0v) is 9.81. The Kier molecular flexibility index (Phi) is 3.86. The summed E-state index contributed by atoms with van der Waals surface area (Å²) in [7, 11) is 0. The van der Waals surface area contributed by atoms with Crippen LogP contribution in [0, 0.1) is 13.8 Å². The van der Waals surface area contributed by atoms with Gasteiger partial charge in [0.2, 0.25) is 0 Å². The number of benzene rings is 1. The zero-order chi connectivity index (χ0) is 11.5. The van der Waals surface area contributed by atoms with Gasteiger partial charge in [0.05, 0.1) is 0 Å². The molecule has 0 fully saturated rings. The highest BCUT2D eigenvalue weighted by Gasteiger charge is 2.30. The molecule has 15 heavy (non-hydrogen) atoms. The molecule has 1 atom stereocenters. The van der Waals surface area contributed by atoms with Crippen molar-refractivity contribution in [2.75, 3.05) is 6.54 Å². The van der Waals surface area contributed by atoms with Gasteiger partial charge in [-0.2, -0.15) is 0 Å². The Morgan fingerprint density at radius 1 is 1.33 bits per heavy atom. The monoisotopic (exact) mass is 209 g/mol. The molecule has 0 radical (unpaired) electrons. The predicted molar refractivity (Wildman–Crippen MR) is 62.7 cm³/mol. The Morgan fingerprint density at radius 3 is 2.53 bits per heavy atom. The molecule has 0 heterocycles. The topological polar surface area (TPSA) is 26.0 Å². The van der Waals surface area contributed by atoms with Crippen molar-refractivity contribution < 1.29 is 4.39 Å². The first-order chi connectivity index (χ1) is 7.03. The van der Waals surface area contributed by atoms with Crippen LogP contribution >= 0.6 is 0 Å². The Labute approximate surface area is 91.5 Å². The Morgan fingerprint density at radius 2 is 2.00 bits per heavy atom. The fourth-order valence-electron chi connectivity index (χ4n) is 1.96. The van der Waals surface area contributed by atoms with Gasteiger partial charge < -0.3 is 5.73 Å². The molecule has 0 aromatic heterocycles. The summed E-state index contributed by atoms with van der Waals surface area (Å²) in [5, 5.41) is 0. The van der Waals surface area contributed by atoms with Gasteiger partial charge in [-0.15, -0.1) is 0 Å². The zero-order valence-electron chi connectivity index (χ0n) is 9.81. The van der Waals surface area contributed by atoms with Crippen molar-refractivity contribution in [2.24, 2.45) is 5.73 Å². The van der Waals surface area contributed by atoms with E-state index in [9.17, 15) is 4.39 Å². The molecule has 0 saturated carbocycles. The highest BCUT2D eigenvalue weighted by molar-refractivity contribution is 5.35. The normalized spacial score (nSPS) is 15.0. The highest BCUT2D eigenvalue weighted by Crippen LogP contribution is 2.32. The van der Waals surface area contributed by atoms with Gasteiger partial charge in [-0.05, 0) is 31.4 Å². The Balaban J connectivity index is 3.16. The molecule has 0 aliphatic heterocycles. The molecular weight excluding hydrogens is 189 g/mol. The fourth-order valence-corrected chi connectivity index (χ4v) is 1.96. The van der Waals surface area contributed by atoms with Crippen LogP contribution in [0.2, 0.25) is 0 Å². The average molecular weight is 209 g/mol. The fraction of sp³-hybridized carbons (Fsp3) is 0.538. The lowest BCUT2D eigenvalue weighted by Gasteiger charge is -2.25. The molecule has 0 aliphatic carbocycles. The van der Waals surface area contributed by atoms with Gasteiger partial charge >= 0.3 is 0 Å². The van der Waals surface area contributed by atoms with Crippen molar-refractivity contribution in [3.8, 4) is 0 Å². The number of aryl methyl sites for hydroxylation is 2. The summed E-state index contributed by atoms with van der Waals surface area (Å²) in [4.78, 5) is 0. The third kappa shape index (κ3) is 2.57. The molecular formula is C13H20FN. The van der Waals surface area contributed by atoms with Crippen LogP contribution in [-0.2, 0) is 5.67 Å². The van der Waals surface area contributed by atoms with Crippen molar-refractivity contribution >= 4 is 0 Å². The number of hydrogen-bond donors (Lipinski definition) is 1. The minimum atomic E-state index is -1.36. The first-order valence-corrected chi connectivity index (χ1v) is 5.50. The molecule has 2 heteroatoms. The van der Waals surface area contributed by atoms with E-state index in [-0.39, 0.29) is 6.54 Å². The molecule has 2 N–H and O–H groups in total. The SMILES string of the molecule is CCCC(F)(CN)c1cc(C)ccc1C. The smallest absolute Gasteiger partial charge is 0.148 e. The lowest BCUT2D eigenvalue weighted by atomic mass is 9.87. The van der Waals surface area contributed by atoms with Gasteiger partial charge in [-0.1, -0.05) is 37.1 Å². The molecule has 1 nitrogen and oxygen atoms in total. The summed E-state index contributed by atoms with van der Waals surface area (Å²) >= 11 is 0. The van der Waals surface area contributed by atoms with Gasteiger partial charge in [-0.25, -0.2) is 4.39 Å². The number of rotatable bonds is 4. The predicted octanol–water partition coefficient (Wildman–Crippen LogP) is 3.23. The minimum Gasteiger partial charge on any atom is -0.327 e. The van der Waals surface area contributed by atoms with Crippen molar-refractivity contribution in [1.82, 2.24) is 0 Å². The lowest BCUT2D eigenvalue weighted by molar-refractivity contribution is 0.158. The second kappa shape index (κ2) is 4.75. The lowest BCUT2D eigenvalue weighted by Crippen LogP contribution is -2.31. The van der Waals surface area contributed by atoms with E-state index in [4.69, 9.17) is 5.73 Å². The van der Waals surface area contributed by atoms with Crippen LogP contribution in [-0.4, -0.2) is 6.54 Å². The average Bonchev–Trinajstić information content (AvgIpc) is 2.22. The van der Waals surface area contributed by atoms with Gasteiger partial charge in [-0.3, -0.25) is 0 Å². The molecule has 0 aliphatic rings. The Hall–Kier alpha value is -0.890. The first kappa shape index (κ1) is 12.2. The van der Waals surface area contributed by atoms with Crippen LogP contribution in [0.25, 0.3) is 0 Å². The van der Waals surface area contributed by atoms with E-state index >= 15 is 0 Å². The van der Waals surface area contributed by atoms with E-state index in [1.54, 1.807) is 0 Å². The summed E-state index contributed by atoms with van der Waals surface area (Å²) in [6, 6.07) is 5.88. The van der Waals surface area contributed by atoms with Gasteiger partial charge in [0, 0.05) is 6.54 Å². The molecule has 0 saturated heterocycles. The van der Waals surface area contributed by atoms with Crippen LogP contribution in [0.3, 0.4) is 0 Å². The largest absolute Gasteiger partial charge is 0.327 e. The highest BCUT2D eigenvalue weighted by atomic mass is 19.1. The van der Waals surface area contributed by atoms with Crippen LogP contribution in [0.1, 0.15) is 36.5 Å².